The van der Waals surface area contributed by atoms with Gasteiger partial charge in [-0.1, -0.05) is 18.2 Å². The first kappa shape index (κ1) is 17.2. The maximum absolute atomic E-state index is 13.7. The lowest BCUT2D eigenvalue weighted by atomic mass is 10.1. The van der Waals surface area contributed by atoms with Crippen LogP contribution in [0.5, 0.6) is 0 Å². The molecule has 0 unspecified atom stereocenters. The van der Waals surface area contributed by atoms with Crippen molar-refractivity contribution in [2.75, 3.05) is 0 Å². The molecule has 2 aromatic rings. The molecule has 2 aromatic carbocycles. The number of carbonyl (C=O) groups is 2. The number of nitrogens with zero attached hydrogens (tertiary/aromatic N) is 1. The molecule has 5 nitrogen and oxygen atoms in total. The predicted molar refractivity (Wildman–Crippen MR) is 79.8 cm³/mol. The molecule has 2 N–H and O–H groups in total. The summed E-state index contributed by atoms with van der Waals surface area (Å²) >= 11 is 0. The Morgan fingerprint density at radius 3 is 2.50 bits per heavy atom. The van der Waals surface area contributed by atoms with Crippen LogP contribution >= 0.6 is 0 Å². The summed E-state index contributed by atoms with van der Waals surface area (Å²) in [4.78, 5) is 22.6. The van der Waals surface area contributed by atoms with Crippen molar-refractivity contribution in [3.8, 4) is 0 Å². The Morgan fingerprint density at radius 2 is 1.88 bits per heavy atom. The second-order valence-corrected chi connectivity index (χ2v) is 4.63. The predicted octanol–water partition coefficient (Wildman–Crippen LogP) is 3.23. The molecule has 124 valence electrons. The smallest absolute Gasteiger partial charge is 0.335 e. The lowest BCUT2D eigenvalue weighted by molar-refractivity contribution is 0.0696. The van der Waals surface area contributed by atoms with E-state index in [9.17, 15) is 22.8 Å². The first-order valence-corrected chi connectivity index (χ1v) is 6.63. The Balaban J connectivity index is 2.12. The molecule has 2 rings (SSSR count). The molecule has 0 bridgehead atoms. The first-order chi connectivity index (χ1) is 11.4. The van der Waals surface area contributed by atoms with Crippen LogP contribution in [0.4, 0.5) is 13.2 Å². The Bertz CT molecular complexity index is 807. The molecule has 1 amide bonds. The van der Waals surface area contributed by atoms with E-state index in [0.717, 1.165) is 18.3 Å². The number of carbonyl (C=O) groups excluding carboxylic acids is 1. The van der Waals surface area contributed by atoms with Crippen molar-refractivity contribution in [3.63, 3.8) is 0 Å². The van der Waals surface area contributed by atoms with Gasteiger partial charge in [-0.25, -0.2) is 23.4 Å². The van der Waals surface area contributed by atoms with Crippen molar-refractivity contribution in [1.82, 2.24) is 5.43 Å². The number of nitrogens with one attached hydrogen (secondary N) is 1. The molecule has 0 radical (unpaired) electrons. The Hall–Kier alpha value is -3.16. The fourth-order valence-electron chi connectivity index (χ4n) is 1.88. The minimum Gasteiger partial charge on any atom is -0.478 e. The van der Waals surface area contributed by atoms with E-state index in [-0.39, 0.29) is 16.7 Å². The fourth-order valence-corrected chi connectivity index (χ4v) is 1.88. The number of amides is 1. The van der Waals surface area contributed by atoms with Crippen molar-refractivity contribution in [3.05, 3.63) is 70.5 Å². The van der Waals surface area contributed by atoms with Gasteiger partial charge in [-0.3, -0.25) is 4.79 Å². The SMILES string of the molecule is O=C(O)c1ccc(/C=N/NC(=O)c2ccccc2C(F)F)c(F)c1. The van der Waals surface area contributed by atoms with Crippen molar-refractivity contribution < 1.29 is 27.9 Å². The number of alkyl halides is 2. The molecule has 0 fully saturated rings. The average molecular weight is 336 g/mol. The van der Waals surface area contributed by atoms with Gasteiger partial charge in [0.1, 0.15) is 5.82 Å². The summed E-state index contributed by atoms with van der Waals surface area (Å²) in [5.41, 5.74) is 1.03. The molecule has 0 saturated heterocycles. The maximum Gasteiger partial charge on any atom is 0.335 e. The number of hydrazone groups is 1. The van der Waals surface area contributed by atoms with Crippen LogP contribution in [0, 0.1) is 5.82 Å². The summed E-state index contributed by atoms with van der Waals surface area (Å²) in [6, 6.07) is 8.28. The summed E-state index contributed by atoms with van der Waals surface area (Å²) in [6.45, 7) is 0. The van der Waals surface area contributed by atoms with Crippen molar-refractivity contribution in [2.24, 2.45) is 5.10 Å². The topological polar surface area (TPSA) is 78.8 Å². The molecule has 0 aliphatic rings. The summed E-state index contributed by atoms with van der Waals surface area (Å²) in [6.07, 6.45) is -1.87. The lowest BCUT2D eigenvalue weighted by Gasteiger charge is -2.06. The molecule has 0 spiro atoms. The van der Waals surface area contributed by atoms with Crippen LogP contribution in [-0.2, 0) is 0 Å². The zero-order chi connectivity index (χ0) is 17.7. The van der Waals surface area contributed by atoms with E-state index in [1.807, 2.05) is 5.43 Å². The van der Waals surface area contributed by atoms with E-state index in [0.29, 0.717) is 0 Å². The minimum absolute atomic E-state index is 0.0672. The molecular weight excluding hydrogens is 325 g/mol. The Kier molecular flexibility index (Phi) is 5.31. The highest BCUT2D eigenvalue weighted by Crippen LogP contribution is 2.22. The van der Waals surface area contributed by atoms with Crippen LogP contribution in [-0.4, -0.2) is 23.2 Å². The van der Waals surface area contributed by atoms with E-state index >= 15 is 0 Å². The molecular formula is C16H11F3N2O3. The second kappa shape index (κ2) is 7.40. The zero-order valence-electron chi connectivity index (χ0n) is 12.0. The molecule has 0 aliphatic carbocycles. The zero-order valence-corrected chi connectivity index (χ0v) is 12.0. The third-order valence-electron chi connectivity index (χ3n) is 3.06. The summed E-state index contributed by atoms with van der Waals surface area (Å²) in [5.74, 6) is -3.00. The summed E-state index contributed by atoms with van der Waals surface area (Å²) < 4.78 is 39.3. The number of benzene rings is 2. The van der Waals surface area contributed by atoms with Gasteiger partial charge in [-0.15, -0.1) is 0 Å². The number of aromatic carboxylic acids is 1. The van der Waals surface area contributed by atoms with E-state index in [4.69, 9.17) is 5.11 Å². The van der Waals surface area contributed by atoms with Crippen LogP contribution < -0.4 is 5.43 Å². The number of hydrogen-bond acceptors (Lipinski definition) is 3. The van der Waals surface area contributed by atoms with Crippen LogP contribution in [0.3, 0.4) is 0 Å². The van der Waals surface area contributed by atoms with E-state index in [2.05, 4.69) is 5.10 Å². The molecule has 0 aliphatic heterocycles. The molecule has 0 aromatic heterocycles. The van der Waals surface area contributed by atoms with Crippen LogP contribution in [0.15, 0.2) is 47.6 Å². The standard InChI is InChI=1S/C16H11F3N2O3/c17-13-7-9(16(23)24)5-6-10(13)8-20-21-15(22)12-4-2-1-3-11(12)14(18)19/h1-8,14H,(H,21,22)(H,23,24)/b20-8+. The fraction of sp³-hybridized carbons (Fsp3) is 0.0625. The van der Waals surface area contributed by atoms with Crippen LogP contribution in [0.1, 0.15) is 38.3 Å². The van der Waals surface area contributed by atoms with Gasteiger partial charge < -0.3 is 5.11 Å². The molecule has 0 saturated carbocycles. The van der Waals surface area contributed by atoms with Crippen molar-refractivity contribution >= 4 is 18.1 Å². The lowest BCUT2D eigenvalue weighted by Crippen LogP contribution is -2.19. The van der Waals surface area contributed by atoms with Crippen LogP contribution in [0.25, 0.3) is 0 Å². The Morgan fingerprint density at radius 1 is 1.17 bits per heavy atom. The van der Waals surface area contributed by atoms with Gasteiger partial charge in [-0.2, -0.15) is 5.10 Å². The van der Waals surface area contributed by atoms with Gasteiger partial charge in [0.2, 0.25) is 0 Å². The maximum atomic E-state index is 13.7. The largest absolute Gasteiger partial charge is 0.478 e. The highest BCUT2D eigenvalue weighted by Gasteiger charge is 2.17. The molecule has 0 heterocycles. The highest BCUT2D eigenvalue weighted by atomic mass is 19.3. The van der Waals surface area contributed by atoms with E-state index in [1.54, 1.807) is 0 Å². The van der Waals surface area contributed by atoms with Gasteiger partial charge in [0.15, 0.2) is 0 Å². The summed E-state index contributed by atoms with van der Waals surface area (Å²) in [5, 5.41) is 12.2. The van der Waals surface area contributed by atoms with Gasteiger partial charge in [0.05, 0.1) is 17.3 Å². The number of carboxylic acids is 1. The molecule has 24 heavy (non-hydrogen) atoms. The normalized spacial score (nSPS) is 11.0. The van der Waals surface area contributed by atoms with Crippen LogP contribution in [0.2, 0.25) is 0 Å². The minimum atomic E-state index is -2.82. The first-order valence-electron chi connectivity index (χ1n) is 6.63. The average Bonchev–Trinajstić information content (AvgIpc) is 2.55. The monoisotopic (exact) mass is 336 g/mol. The van der Waals surface area contributed by atoms with E-state index in [1.165, 1.54) is 30.3 Å². The number of hydrogen-bond donors (Lipinski definition) is 2. The quantitative estimate of drug-likeness (QED) is 0.650. The molecule has 0 atom stereocenters. The highest BCUT2D eigenvalue weighted by molar-refractivity contribution is 5.96. The second-order valence-electron chi connectivity index (χ2n) is 4.63. The van der Waals surface area contributed by atoms with Crippen molar-refractivity contribution in [1.29, 1.82) is 0 Å². The van der Waals surface area contributed by atoms with Gasteiger partial charge >= 0.3 is 5.97 Å². The van der Waals surface area contributed by atoms with Crippen molar-refractivity contribution in [2.45, 2.75) is 6.43 Å². The van der Waals surface area contributed by atoms with Gasteiger partial charge in [0, 0.05) is 11.1 Å². The van der Waals surface area contributed by atoms with Gasteiger partial charge in [-0.05, 0) is 24.3 Å². The number of rotatable bonds is 5. The third kappa shape index (κ3) is 3.97. The Labute approximate surface area is 134 Å². The number of halogens is 3. The number of carboxylic acid groups (broad SMARTS) is 1. The van der Waals surface area contributed by atoms with Gasteiger partial charge in [0.25, 0.3) is 12.3 Å². The summed E-state index contributed by atoms with van der Waals surface area (Å²) in [7, 11) is 0. The third-order valence-corrected chi connectivity index (χ3v) is 3.06. The van der Waals surface area contributed by atoms with E-state index < -0.39 is 29.7 Å². The molecule has 8 heteroatoms.